The van der Waals surface area contributed by atoms with Crippen LogP contribution in [-0.4, -0.2) is 32.8 Å². The van der Waals surface area contributed by atoms with Crippen LogP contribution in [0, 0.1) is 0 Å². The molecule has 0 bridgehead atoms. The van der Waals surface area contributed by atoms with Crippen LogP contribution >= 0.6 is 0 Å². The number of benzene rings is 1. The Hall–Kier alpha value is -1.36. The largest absolute Gasteiger partial charge is 0.464 e. The third kappa shape index (κ3) is 4.06. The third-order valence-corrected chi connectivity index (χ3v) is 3.14. The Bertz CT molecular complexity index is 496. The first kappa shape index (κ1) is 14.1. The summed E-state index contributed by atoms with van der Waals surface area (Å²) in [6, 6.07) is 8.53. The standard InChI is InChI=1S/C15H22N2O2/c1-12(9-16-7-8-18-2)17-10-13-11-19-15-6-4-3-5-14(13)15/h3-6,11-12,16-17H,7-10H2,1-2H3. The summed E-state index contributed by atoms with van der Waals surface area (Å²) < 4.78 is 10.5. The van der Waals surface area contributed by atoms with Crippen LogP contribution in [0.15, 0.2) is 34.9 Å². The molecule has 0 fully saturated rings. The van der Waals surface area contributed by atoms with E-state index in [1.165, 1.54) is 10.9 Å². The van der Waals surface area contributed by atoms with Gasteiger partial charge in [-0.2, -0.15) is 0 Å². The molecule has 2 rings (SSSR count). The van der Waals surface area contributed by atoms with E-state index in [-0.39, 0.29) is 0 Å². The van der Waals surface area contributed by atoms with E-state index < -0.39 is 0 Å². The quantitative estimate of drug-likeness (QED) is 0.716. The lowest BCUT2D eigenvalue weighted by Gasteiger charge is -2.14. The van der Waals surface area contributed by atoms with Crippen molar-refractivity contribution < 1.29 is 9.15 Å². The van der Waals surface area contributed by atoms with Crippen LogP contribution in [0.2, 0.25) is 0 Å². The molecule has 0 aliphatic carbocycles. The van der Waals surface area contributed by atoms with Gasteiger partial charge in [-0.25, -0.2) is 0 Å². The summed E-state index contributed by atoms with van der Waals surface area (Å²) in [4.78, 5) is 0. The fourth-order valence-corrected chi connectivity index (χ4v) is 2.02. The highest BCUT2D eigenvalue weighted by Crippen LogP contribution is 2.20. The zero-order valence-corrected chi connectivity index (χ0v) is 11.6. The van der Waals surface area contributed by atoms with E-state index in [0.29, 0.717) is 6.04 Å². The number of fused-ring (bicyclic) bond motifs is 1. The van der Waals surface area contributed by atoms with Crippen molar-refractivity contribution in [2.24, 2.45) is 0 Å². The minimum Gasteiger partial charge on any atom is -0.464 e. The summed E-state index contributed by atoms with van der Waals surface area (Å²) >= 11 is 0. The summed E-state index contributed by atoms with van der Waals surface area (Å²) in [5.41, 5.74) is 2.16. The van der Waals surface area contributed by atoms with E-state index in [0.717, 1.165) is 31.8 Å². The zero-order valence-electron chi connectivity index (χ0n) is 11.6. The van der Waals surface area contributed by atoms with E-state index in [1.54, 1.807) is 7.11 Å². The topological polar surface area (TPSA) is 46.4 Å². The van der Waals surface area contributed by atoms with Gasteiger partial charge in [0.1, 0.15) is 5.58 Å². The van der Waals surface area contributed by atoms with Crippen molar-refractivity contribution in [3.63, 3.8) is 0 Å². The fourth-order valence-electron chi connectivity index (χ4n) is 2.02. The van der Waals surface area contributed by atoms with Crippen LogP contribution < -0.4 is 10.6 Å². The molecule has 19 heavy (non-hydrogen) atoms. The van der Waals surface area contributed by atoms with Crippen molar-refractivity contribution in [1.82, 2.24) is 10.6 Å². The van der Waals surface area contributed by atoms with Crippen LogP contribution in [0.4, 0.5) is 0 Å². The maximum absolute atomic E-state index is 5.52. The van der Waals surface area contributed by atoms with Crippen molar-refractivity contribution in [3.05, 3.63) is 36.1 Å². The molecule has 2 aromatic rings. The van der Waals surface area contributed by atoms with Gasteiger partial charge in [-0.05, 0) is 13.0 Å². The molecule has 1 aromatic carbocycles. The Morgan fingerprint density at radius 1 is 1.32 bits per heavy atom. The van der Waals surface area contributed by atoms with Gasteiger partial charge in [0.25, 0.3) is 0 Å². The second-order valence-electron chi connectivity index (χ2n) is 4.74. The summed E-state index contributed by atoms with van der Waals surface area (Å²) in [7, 11) is 1.72. The number of rotatable bonds is 8. The summed E-state index contributed by atoms with van der Waals surface area (Å²) in [6.07, 6.45) is 1.84. The SMILES string of the molecule is COCCNCC(C)NCc1coc2ccccc12. The van der Waals surface area contributed by atoms with Gasteiger partial charge in [-0.15, -0.1) is 0 Å². The third-order valence-electron chi connectivity index (χ3n) is 3.14. The molecule has 0 aliphatic heterocycles. The number of hydrogen-bond donors (Lipinski definition) is 2. The Kier molecular flexibility index (Phi) is 5.39. The Morgan fingerprint density at radius 2 is 2.16 bits per heavy atom. The number of methoxy groups -OCH3 is 1. The minimum atomic E-state index is 0.408. The molecule has 1 heterocycles. The van der Waals surface area contributed by atoms with Gasteiger partial charge >= 0.3 is 0 Å². The molecular weight excluding hydrogens is 240 g/mol. The molecule has 1 unspecified atom stereocenters. The normalized spacial score (nSPS) is 12.9. The lowest BCUT2D eigenvalue weighted by Crippen LogP contribution is -2.37. The van der Waals surface area contributed by atoms with Crippen LogP contribution in [0.3, 0.4) is 0 Å². The van der Waals surface area contributed by atoms with Gasteiger partial charge in [-0.3, -0.25) is 0 Å². The van der Waals surface area contributed by atoms with Crippen molar-refractivity contribution >= 4 is 11.0 Å². The van der Waals surface area contributed by atoms with E-state index in [2.05, 4.69) is 23.6 Å². The molecule has 0 aliphatic rings. The van der Waals surface area contributed by atoms with E-state index in [1.807, 2.05) is 24.5 Å². The molecule has 1 aromatic heterocycles. The zero-order chi connectivity index (χ0) is 13.5. The summed E-state index contributed by atoms with van der Waals surface area (Å²) in [5, 5.41) is 8.02. The molecule has 4 heteroatoms. The number of para-hydroxylation sites is 1. The smallest absolute Gasteiger partial charge is 0.134 e. The molecule has 0 radical (unpaired) electrons. The predicted octanol–water partition coefficient (Wildman–Crippen LogP) is 2.15. The van der Waals surface area contributed by atoms with Gasteiger partial charge in [0.15, 0.2) is 0 Å². The maximum atomic E-state index is 5.52. The first-order chi connectivity index (χ1) is 9.31. The van der Waals surface area contributed by atoms with Crippen molar-refractivity contribution in [3.8, 4) is 0 Å². The number of hydrogen-bond acceptors (Lipinski definition) is 4. The highest BCUT2D eigenvalue weighted by atomic mass is 16.5. The number of ether oxygens (including phenoxy) is 1. The van der Waals surface area contributed by atoms with Gasteiger partial charge in [0.2, 0.25) is 0 Å². The maximum Gasteiger partial charge on any atom is 0.134 e. The van der Waals surface area contributed by atoms with E-state index in [4.69, 9.17) is 9.15 Å². The molecule has 0 spiro atoms. The van der Waals surface area contributed by atoms with E-state index in [9.17, 15) is 0 Å². The number of nitrogens with one attached hydrogen (secondary N) is 2. The summed E-state index contributed by atoms with van der Waals surface area (Å²) in [6.45, 7) is 5.56. The van der Waals surface area contributed by atoms with Gasteiger partial charge < -0.3 is 19.8 Å². The molecule has 0 amide bonds. The second-order valence-corrected chi connectivity index (χ2v) is 4.74. The average Bonchev–Trinajstić information content (AvgIpc) is 2.85. The van der Waals surface area contributed by atoms with Crippen LogP contribution in [0.5, 0.6) is 0 Å². The molecule has 0 saturated carbocycles. The van der Waals surface area contributed by atoms with Crippen LogP contribution in [0.1, 0.15) is 12.5 Å². The highest BCUT2D eigenvalue weighted by molar-refractivity contribution is 5.80. The molecule has 1 atom stereocenters. The van der Waals surface area contributed by atoms with Crippen LogP contribution in [-0.2, 0) is 11.3 Å². The van der Waals surface area contributed by atoms with Gasteiger partial charge in [0, 0.05) is 43.7 Å². The molecule has 4 nitrogen and oxygen atoms in total. The first-order valence-electron chi connectivity index (χ1n) is 6.69. The average molecular weight is 262 g/mol. The lowest BCUT2D eigenvalue weighted by molar-refractivity contribution is 0.198. The van der Waals surface area contributed by atoms with Crippen LogP contribution in [0.25, 0.3) is 11.0 Å². The summed E-state index contributed by atoms with van der Waals surface area (Å²) in [5.74, 6) is 0. The second kappa shape index (κ2) is 7.28. The van der Waals surface area contributed by atoms with Gasteiger partial charge in [-0.1, -0.05) is 18.2 Å². The predicted molar refractivity (Wildman–Crippen MR) is 77.3 cm³/mol. The molecule has 2 N–H and O–H groups in total. The van der Waals surface area contributed by atoms with Crippen molar-refractivity contribution in [2.75, 3.05) is 26.8 Å². The number of furan rings is 1. The molecular formula is C15H22N2O2. The van der Waals surface area contributed by atoms with Crippen molar-refractivity contribution in [2.45, 2.75) is 19.5 Å². The molecule has 0 saturated heterocycles. The monoisotopic (exact) mass is 262 g/mol. The van der Waals surface area contributed by atoms with Gasteiger partial charge in [0.05, 0.1) is 12.9 Å². The fraction of sp³-hybridized carbons (Fsp3) is 0.467. The molecule has 104 valence electrons. The first-order valence-corrected chi connectivity index (χ1v) is 6.69. The minimum absolute atomic E-state index is 0.408. The Morgan fingerprint density at radius 3 is 3.00 bits per heavy atom. The highest BCUT2D eigenvalue weighted by Gasteiger charge is 2.06. The van der Waals surface area contributed by atoms with Crippen molar-refractivity contribution in [1.29, 1.82) is 0 Å². The lowest BCUT2D eigenvalue weighted by atomic mass is 10.1. The Labute approximate surface area is 114 Å². The van der Waals surface area contributed by atoms with E-state index >= 15 is 0 Å². The Balaban J connectivity index is 1.78.